The van der Waals surface area contributed by atoms with Gasteiger partial charge in [0.2, 0.25) is 0 Å². The number of halogens is 1. The van der Waals surface area contributed by atoms with Crippen LogP contribution in [-0.2, 0) is 6.54 Å². The van der Waals surface area contributed by atoms with Gasteiger partial charge in [0.25, 0.3) is 0 Å². The first-order valence-electron chi connectivity index (χ1n) is 7.18. The van der Waals surface area contributed by atoms with Crippen LogP contribution in [0.5, 0.6) is 0 Å². The standard InChI is InChI=1S/C16H21FN2/c17-16-9-14(11-18)8-15(10-16)12-19-7-6-13-4-2-1-3-5-13/h8-10,13,19H,1-7,12H2. The summed E-state index contributed by atoms with van der Waals surface area (Å²) in [5, 5.41) is 12.1. The van der Waals surface area contributed by atoms with E-state index in [1.54, 1.807) is 6.07 Å². The molecular formula is C16H21FN2. The third kappa shape index (κ3) is 4.65. The average Bonchev–Trinajstić information content (AvgIpc) is 2.44. The SMILES string of the molecule is N#Cc1cc(F)cc(CNCCC2CCCCC2)c1. The molecule has 1 N–H and O–H groups in total. The highest BCUT2D eigenvalue weighted by Crippen LogP contribution is 2.25. The van der Waals surface area contributed by atoms with E-state index in [0.29, 0.717) is 12.1 Å². The molecular weight excluding hydrogens is 239 g/mol. The van der Waals surface area contributed by atoms with Gasteiger partial charge in [-0.2, -0.15) is 5.26 Å². The van der Waals surface area contributed by atoms with E-state index in [0.717, 1.165) is 18.0 Å². The molecule has 1 aliphatic carbocycles. The maximum Gasteiger partial charge on any atom is 0.124 e. The summed E-state index contributed by atoms with van der Waals surface area (Å²) in [6.45, 7) is 1.61. The van der Waals surface area contributed by atoms with Crippen LogP contribution in [0, 0.1) is 23.1 Å². The fraction of sp³-hybridized carbons (Fsp3) is 0.562. The molecule has 0 radical (unpaired) electrons. The van der Waals surface area contributed by atoms with Gasteiger partial charge in [0.15, 0.2) is 0 Å². The van der Waals surface area contributed by atoms with Crippen molar-refractivity contribution in [2.75, 3.05) is 6.54 Å². The van der Waals surface area contributed by atoms with Gasteiger partial charge in [0.1, 0.15) is 5.82 Å². The Balaban J connectivity index is 1.73. The number of nitrogens with one attached hydrogen (secondary N) is 1. The quantitative estimate of drug-likeness (QED) is 0.818. The zero-order chi connectivity index (χ0) is 13.5. The predicted molar refractivity (Wildman–Crippen MR) is 74.0 cm³/mol. The summed E-state index contributed by atoms with van der Waals surface area (Å²) in [4.78, 5) is 0. The van der Waals surface area contributed by atoms with E-state index in [-0.39, 0.29) is 5.82 Å². The predicted octanol–water partition coefficient (Wildman–Crippen LogP) is 3.76. The number of benzene rings is 1. The van der Waals surface area contributed by atoms with Gasteiger partial charge in [-0.25, -0.2) is 4.39 Å². The van der Waals surface area contributed by atoms with Crippen molar-refractivity contribution >= 4 is 0 Å². The van der Waals surface area contributed by atoms with Gasteiger partial charge >= 0.3 is 0 Å². The van der Waals surface area contributed by atoms with E-state index in [1.807, 2.05) is 6.07 Å². The van der Waals surface area contributed by atoms with Gasteiger partial charge in [-0.3, -0.25) is 0 Å². The second kappa shape index (κ2) is 7.25. The monoisotopic (exact) mass is 260 g/mol. The number of nitrogens with zero attached hydrogens (tertiary/aromatic N) is 1. The molecule has 3 heteroatoms. The minimum Gasteiger partial charge on any atom is -0.313 e. The molecule has 0 amide bonds. The van der Waals surface area contributed by atoms with Crippen LogP contribution in [0.1, 0.15) is 49.7 Å². The zero-order valence-corrected chi connectivity index (χ0v) is 11.3. The Bertz CT molecular complexity index is 445. The lowest BCUT2D eigenvalue weighted by atomic mass is 9.87. The number of nitriles is 1. The van der Waals surface area contributed by atoms with E-state index in [9.17, 15) is 4.39 Å². The first-order chi connectivity index (χ1) is 9.28. The van der Waals surface area contributed by atoms with E-state index in [2.05, 4.69) is 5.32 Å². The number of hydrogen-bond acceptors (Lipinski definition) is 2. The van der Waals surface area contributed by atoms with Crippen LogP contribution in [0.15, 0.2) is 18.2 Å². The van der Waals surface area contributed by atoms with E-state index in [1.165, 1.54) is 50.7 Å². The summed E-state index contributed by atoms with van der Waals surface area (Å²) in [5.74, 6) is 0.534. The highest BCUT2D eigenvalue weighted by molar-refractivity contribution is 5.33. The minimum absolute atomic E-state index is 0.330. The Morgan fingerprint density at radius 2 is 2.00 bits per heavy atom. The van der Waals surface area contributed by atoms with Gasteiger partial charge in [0, 0.05) is 6.54 Å². The van der Waals surface area contributed by atoms with E-state index >= 15 is 0 Å². The van der Waals surface area contributed by atoms with E-state index in [4.69, 9.17) is 5.26 Å². The number of rotatable bonds is 5. The van der Waals surface area contributed by atoms with Gasteiger partial charge in [-0.1, -0.05) is 32.1 Å². The Labute approximate surface area is 114 Å². The molecule has 0 aliphatic heterocycles. The maximum absolute atomic E-state index is 13.2. The Kier molecular flexibility index (Phi) is 5.35. The molecule has 1 fully saturated rings. The highest BCUT2D eigenvalue weighted by Gasteiger charge is 2.12. The first kappa shape index (κ1) is 14.0. The second-order valence-corrected chi connectivity index (χ2v) is 5.43. The zero-order valence-electron chi connectivity index (χ0n) is 11.3. The first-order valence-corrected chi connectivity index (χ1v) is 7.18. The normalized spacial score (nSPS) is 16.2. The minimum atomic E-state index is -0.330. The van der Waals surface area contributed by atoms with E-state index < -0.39 is 0 Å². The van der Waals surface area contributed by atoms with Crippen molar-refractivity contribution < 1.29 is 4.39 Å². The maximum atomic E-state index is 13.2. The van der Waals surface area contributed by atoms with Crippen molar-refractivity contribution in [3.8, 4) is 6.07 Å². The molecule has 0 saturated heterocycles. The second-order valence-electron chi connectivity index (χ2n) is 5.43. The molecule has 19 heavy (non-hydrogen) atoms. The van der Waals surface area contributed by atoms with Crippen molar-refractivity contribution in [2.24, 2.45) is 5.92 Å². The summed E-state index contributed by atoms with van der Waals surface area (Å²) in [5.41, 5.74) is 1.24. The molecule has 1 aromatic carbocycles. The Hall–Kier alpha value is -1.40. The summed E-state index contributed by atoms with van der Waals surface area (Å²) < 4.78 is 13.2. The van der Waals surface area contributed by atoms with Crippen molar-refractivity contribution in [3.63, 3.8) is 0 Å². The van der Waals surface area contributed by atoms with Crippen molar-refractivity contribution in [2.45, 2.75) is 45.1 Å². The Morgan fingerprint density at radius 1 is 1.21 bits per heavy atom. The van der Waals surface area contributed by atoms with Crippen molar-refractivity contribution in [1.29, 1.82) is 5.26 Å². The molecule has 0 heterocycles. The molecule has 0 spiro atoms. The fourth-order valence-electron chi connectivity index (χ4n) is 2.83. The smallest absolute Gasteiger partial charge is 0.124 e. The lowest BCUT2D eigenvalue weighted by Gasteiger charge is -2.21. The van der Waals surface area contributed by atoms with Crippen LogP contribution >= 0.6 is 0 Å². The summed E-state index contributed by atoms with van der Waals surface area (Å²) in [6, 6.07) is 6.49. The third-order valence-electron chi connectivity index (χ3n) is 3.87. The van der Waals surface area contributed by atoms with Gasteiger partial charge < -0.3 is 5.32 Å². The van der Waals surface area contributed by atoms with Gasteiger partial charge in [-0.15, -0.1) is 0 Å². The van der Waals surface area contributed by atoms with Crippen molar-refractivity contribution in [1.82, 2.24) is 5.32 Å². The van der Waals surface area contributed by atoms with Crippen LogP contribution in [0.2, 0.25) is 0 Å². The molecule has 0 aromatic heterocycles. The summed E-state index contributed by atoms with van der Waals surface area (Å²) in [7, 11) is 0. The molecule has 2 rings (SSSR count). The molecule has 2 nitrogen and oxygen atoms in total. The molecule has 0 unspecified atom stereocenters. The largest absolute Gasteiger partial charge is 0.313 e. The third-order valence-corrected chi connectivity index (χ3v) is 3.87. The highest BCUT2D eigenvalue weighted by atomic mass is 19.1. The topological polar surface area (TPSA) is 35.8 Å². The van der Waals surface area contributed by atoms with Crippen LogP contribution in [0.4, 0.5) is 4.39 Å². The van der Waals surface area contributed by atoms with Crippen LogP contribution in [0.3, 0.4) is 0 Å². The average molecular weight is 260 g/mol. The molecule has 1 aliphatic rings. The van der Waals surface area contributed by atoms with Gasteiger partial charge in [0.05, 0.1) is 11.6 Å². The van der Waals surface area contributed by atoms with Crippen LogP contribution in [-0.4, -0.2) is 6.54 Å². The lowest BCUT2D eigenvalue weighted by molar-refractivity contribution is 0.334. The molecule has 0 atom stereocenters. The molecule has 102 valence electrons. The molecule has 0 bridgehead atoms. The fourth-order valence-corrected chi connectivity index (χ4v) is 2.83. The van der Waals surface area contributed by atoms with Crippen molar-refractivity contribution in [3.05, 3.63) is 35.1 Å². The summed E-state index contributed by atoms with van der Waals surface area (Å²) >= 11 is 0. The number of hydrogen-bond donors (Lipinski definition) is 1. The summed E-state index contributed by atoms with van der Waals surface area (Å²) in [6.07, 6.45) is 8.07. The van der Waals surface area contributed by atoms with Crippen LogP contribution in [0.25, 0.3) is 0 Å². The lowest BCUT2D eigenvalue weighted by Crippen LogP contribution is -2.19. The van der Waals surface area contributed by atoms with Crippen LogP contribution < -0.4 is 5.32 Å². The van der Waals surface area contributed by atoms with Gasteiger partial charge in [-0.05, 0) is 42.6 Å². The Morgan fingerprint density at radius 3 is 2.74 bits per heavy atom. The molecule has 1 saturated carbocycles. The molecule has 1 aromatic rings.